The highest BCUT2D eigenvalue weighted by Gasteiger charge is 2.24. The van der Waals surface area contributed by atoms with Crippen LogP contribution in [0.3, 0.4) is 0 Å². The van der Waals surface area contributed by atoms with Crippen molar-refractivity contribution in [2.45, 2.75) is 12.1 Å². The van der Waals surface area contributed by atoms with Gasteiger partial charge in [-0.25, -0.2) is 0 Å². The van der Waals surface area contributed by atoms with Crippen molar-refractivity contribution in [1.29, 1.82) is 0 Å². The Bertz CT molecular complexity index is 733. The van der Waals surface area contributed by atoms with E-state index < -0.39 is 6.10 Å². The minimum atomic E-state index is -0.479. The molecule has 2 aromatic carbocycles. The van der Waals surface area contributed by atoms with Crippen molar-refractivity contribution in [1.82, 2.24) is 9.47 Å². The fourth-order valence-corrected chi connectivity index (χ4v) is 3.04. The molecule has 0 saturated heterocycles. The molecule has 0 aliphatic heterocycles. The van der Waals surface area contributed by atoms with Crippen LogP contribution in [0, 0.1) is 0 Å². The van der Waals surface area contributed by atoms with Gasteiger partial charge in [0.05, 0.1) is 12.1 Å². The lowest BCUT2D eigenvalue weighted by Crippen LogP contribution is -2.34. The highest BCUT2D eigenvalue weighted by atomic mass is 16.3. The molecule has 0 aliphatic rings. The average molecular weight is 294 g/mol. The summed E-state index contributed by atoms with van der Waals surface area (Å²) in [6, 6.07) is 20.5. The van der Waals surface area contributed by atoms with Crippen LogP contribution in [0.1, 0.15) is 11.6 Å². The molecule has 2 atom stereocenters. The first-order chi connectivity index (χ1) is 10.7. The fraction of sp³-hybridized carbons (Fsp3) is 0.263. The SMILES string of the molecule is CN(C)C[C@H](O)[C@@H](c1ccccc1)n1ccc2ccccc21. The number of nitrogens with zero attached hydrogens (tertiary/aromatic N) is 2. The molecular weight excluding hydrogens is 272 g/mol. The van der Waals surface area contributed by atoms with Gasteiger partial charge in [-0.15, -0.1) is 0 Å². The molecule has 3 aromatic rings. The largest absolute Gasteiger partial charge is 0.389 e. The molecule has 0 fully saturated rings. The van der Waals surface area contributed by atoms with Crippen molar-refractivity contribution in [2.75, 3.05) is 20.6 Å². The van der Waals surface area contributed by atoms with E-state index in [0.29, 0.717) is 6.54 Å². The molecule has 0 radical (unpaired) electrons. The molecule has 0 spiro atoms. The predicted molar refractivity (Wildman–Crippen MR) is 91.1 cm³/mol. The minimum absolute atomic E-state index is 0.0940. The van der Waals surface area contributed by atoms with Gasteiger partial charge in [0.1, 0.15) is 0 Å². The monoisotopic (exact) mass is 294 g/mol. The number of fused-ring (bicyclic) bond motifs is 1. The normalized spacial score (nSPS) is 14.4. The maximum atomic E-state index is 10.8. The fourth-order valence-electron chi connectivity index (χ4n) is 3.04. The quantitative estimate of drug-likeness (QED) is 0.783. The van der Waals surface area contributed by atoms with Crippen LogP contribution < -0.4 is 0 Å². The van der Waals surface area contributed by atoms with E-state index in [2.05, 4.69) is 41.1 Å². The maximum absolute atomic E-state index is 10.8. The molecule has 0 unspecified atom stereocenters. The average Bonchev–Trinajstić information content (AvgIpc) is 2.92. The predicted octanol–water partition coefficient (Wildman–Crippen LogP) is 3.15. The van der Waals surface area contributed by atoms with Gasteiger partial charge in [0.2, 0.25) is 0 Å². The highest BCUT2D eigenvalue weighted by Crippen LogP contribution is 2.28. The van der Waals surface area contributed by atoms with E-state index in [1.807, 2.05) is 49.3 Å². The zero-order chi connectivity index (χ0) is 15.5. The third-order valence-corrected chi connectivity index (χ3v) is 3.99. The Morgan fingerprint density at radius 3 is 2.36 bits per heavy atom. The van der Waals surface area contributed by atoms with Crippen molar-refractivity contribution < 1.29 is 5.11 Å². The van der Waals surface area contributed by atoms with Crippen LogP contribution in [0.2, 0.25) is 0 Å². The number of rotatable bonds is 5. The summed E-state index contributed by atoms with van der Waals surface area (Å²) in [7, 11) is 3.97. The summed E-state index contributed by atoms with van der Waals surface area (Å²) in [5.74, 6) is 0. The summed E-state index contributed by atoms with van der Waals surface area (Å²) in [4.78, 5) is 2.02. The van der Waals surface area contributed by atoms with E-state index in [1.165, 1.54) is 5.39 Å². The molecule has 22 heavy (non-hydrogen) atoms. The van der Waals surface area contributed by atoms with Crippen molar-refractivity contribution in [3.05, 3.63) is 72.4 Å². The standard InChI is InChI=1S/C19H22N2O/c1-20(2)14-18(22)19(16-9-4-3-5-10-16)21-13-12-15-8-6-7-11-17(15)21/h3-13,18-19,22H,14H2,1-2H3/t18-,19+/m0/s1. The van der Waals surface area contributed by atoms with Gasteiger partial charge in [-0.2, -0.15) is 0 Å². The van der Waals surface area contributed by atoms with Gasteiger partial charge in [0.15, 0.2) is 0 Å². The molecule has 3 heteroatoms. The lowest BCUT2D eigenvalue weighted by molar-refractivity contribution is 0.101. The Kier molecular flexibility index (Phi) is 4.27. The van der Waals surface area contributed by atoms with Crippen molar-refractivity contribution in [3.8, 4) is 0 Å². The Balaban J connectivity index is 2.09. The van der Waals surface area contributed by atoms with E-state index in [4.69, 9.17) is 0 Å². The summed E-state index contributed by atoms with van der Waals surface area (Å²) in [6.07, 6.45) is 1.59. The van der Waals surface area contributed by atoms with Gasteiger partial charge in [-0.05, 0) is 37.2 Å². The number of likely N-dealkylation sites (N-methyl/N-ethyl adjacent to an activating group) is 1. The second kappa shape index (κ2) is 6.34. The minimum Gasteiger partial charge on any atom is -0.389 e. The van der Waals surface area contributed by atoms with Crippen molar-refractivity contribution >= 4 is 10.9 Å². The van der Waals surface area contributed by atoms with Crippen molar-refractivity contribution in [2.24, 2.45) is 0 Å². The molecule has 3 nitrogen and oxygen atoms in total. The lowest BCUT2D eigenvalue weighted by Gasteiger charge is -2.28. The summed E-state index contributed by atoms with van der Waals surface area (Å²) in [5.41, 5.74) is 2.27. The number of aliphatic hydroxyl groups excluding tert-OH is 1. The third-order valence-electron chi connectivity index (χ3n) is 3.99. The third kappa shape index (κ3) is 2.91. The van der Waals surface area contributed by atoms with E-state index >= 15 is 0 Å². The topological polar surface area (TPSA) is 28.4 Å². The molecule has 0 aliphatic carbocycles. The summed E-state index contributed by atoms with van der Waals surface area (Å²) in [5, 5.41) is 12.0. The van der Waals surface area contributed by atoms with Crippen LogP contribution in [-0.2, 0) is 0 Å². The van der Waals surface area contributed by atoms with Crippen LogP contribution in [0.15, 0.2) is 66.9 Å². The second-order valence-electron chi connectivity index (χ2n) is 5.97. The zero-order valence-electron chi connectivity index (χ0n) is 13.1. The summed E-state index contributed by atoms with van der Waals surface area (Å²) < 4.78 is 2.18. The first kappa shape index (κ1) is 14.8. The molecular formula is C19H22N2O. The number of benzene rings is 2. The number of hydrogen-bond donors (Lipinski definition) is 1. The Labute approximate surface area is 131 Å². The van der Waals surface area contributed by atoms with Crippen LogP contribution in [0.5, 0.6) is 0 Å². The molecule has 114 valence electrons. The molecule has 1 N–H and O–H groups in total. The smallest absolute Gasteiger partial charge is 0.0915 e. The lowest BCUT2D eigenvalue weighted by atomic mass is 10.0. The van der Waals surface area contributed by atoms with Crippen LogP contribution >= 0.6 is 0 Å². The van der Waals surface area contributed by atoms with E-state index in [-0.39, 0.29) is 6.04 Å². The van der Waals surface area contributed by atoms with E-state index in [0.717, 1.165) is 11.1 Å². The van der Waals surface area contributed by atoms with E-state index in [1.54, 1.807) is 0 Å². The van der Waals surface area contributed by atoms with Gasteiger partial charge in [-0.3, -0.25) is 0 Å². The van der Waals surface area contributed by atoms with Crippen molar-refractivity contribution in [3.63, 3.8) is 0 Å². The van der Waals surface area contributed by atoms with Crippen LogP contribution in [0.4, 0.5) is 0 Å². The number of hydrogen-bond acceptors (Lipinski definition) is 2. The number of aromatic nitrogens is 1. The molecule has 0 bridgehead atoms. The van der Waals surface area contributed by atoms with Gasteiger partial charge in [0, 0.05) is 18.3 Å². The Morgan fingerprint density at radius 2 is 1.64 bits per heavy atom. The summed E-state index contributed by atoms with van der Waals surface area (Å²) >= 11 is 0. The Morgan fingerprint density at radius 1 is 0.955 bits per heavy atom. The van der Waals surface area contributed by atoms with Gasteiger partial charge in [-0.1, -0.05) is 48.5 Å². The molecule has 1 heterocycles. The van der Waals surface area contributed by atoms with Crippen LogP contribution in [-0.4, -0.2) is 41.3 Å². The second-order valence-corrected chi connectivity index (χ2v) is 5.97. The van der Waals surface area contributed by atoms with Gasteiger partial charge >= 0.3 is 0 Å². The highest BCUT2D eigenvalue weighted by molar-refractivity contribution is 5.80. The zero-order valence-corrected chi connectivity index (χ0v) is 13.1. The number of para-hydroxylation sites is 1. The number of aliphatic hydroxyl groups is 1. The van der Waals surface area contributed by atoms with E-state index in [9.17, 15) is 5.11 Å². The van der Waals surface area contributed by atoms with Gasteiger partial charge in [0.25, 0.3) is 0 Å². The first-order valence-electron chi connectivity index (χ1n) is 7.60. The first-order valence-corrected chi connectivity index (χ1v) is 7.60. The molecule has 3 rings (SSSR count). The molecule has 1 aromatic heterocycles. The van der Waals surface area contributed by atoms with Crippen LogP contribution in [0.25, 0.3) is 10.9 Å². The Hall–Kier alpha value is -2.10. The van der Waals surface area contributed by atoms with Gasteiger partial charge < -0.3 is 14.6 Å². The molecule has 0 amide bonds. The summed E-state index contributed by atoms with van der Waals surface area (Å²) in [6.45, 7) is 0.617. The molecule has 0 saturated carbocycles. The maximum Gasteiger partial charge on any atom is 0.0915 e.